The average molecular weight is 296 g/mol. The Bertz CT molecular complexity index is 370. The van der Waals surface area contributed by atoms with Gasteiger partial charge in [-0.3, -0.25) is 9.59 Å². The molecule has 5 heteroatoms. The van der Waals surface area contributed by atoms with Crippen molar-refractivity contribution in [3.63, 3.8) is 0 Å². The molecule has 0 aromatic rings. The van der Waals surface area contributed by atoms with Gasteiger partial charge in [0.15, 0.2) is 5.78 Å². The van der Waals surface area contributed by atoms with Gasteiger partial charge >= 0.3 is 5.97 Å². The van der Waals surface area contributed by atoms with Crippen LogP contribution in [0.1, 0.15) is 51.4 Å². The summed E-state index contributed by atoms with van der Waals surface area (Å²) in [5.74, 6) is 0.0675. The van der Waals surface area contributed by atoms with Crippen LogP contribution >= 0.6 is 0 Å². The van der Waals surface area contributed by atoms with E-state index in [0.29, 0.717) is 25.3 Å². The maximum atomic E-state index is 12.5. The van der Waals surface area contributed by atoms with E-state index in [1.165, 1.54) is 0 Å². The van der Waals surface area contributed by atoms with Gasteiger partial charge in [-0.15, -0.1) is 0 Å². The lowest BCUT2D eigenvalue weighted by atomic mass is 9.73. The van der Waals surface area contributed by atoms with Crippen molar-refractivity contribution >= 4 is 11.8 Å². The fourth-order valence-electron chi connectivity index (χ4n) is 3.91. The number of Topliss-reactive ketones (excluding diaryl/α,β-unsaturated/α-hetero) is 1. The molecule has 2 aliphatic rings. The third-order valence-corrected chi connectivity index (χ3v) is 5.54. The Labute approximate surface area is 126 Å². The fourth-order valence-corrected chi connectivity index (χ4v) is 3.91. The summed E-state index contributed by atoms with van der Waals surface area (Å²) >= 11 is 0. The van der Waals surface area contributed by atoms with Gasteiger partial charge < -0.3 is 16.6 Å². The summed E-state index contributed by atoms with van der Waals surface area (Å²) in [5, 5.41) is 9.02. The first kappa shape index (κ1) is 16.4. The molecule has 2 saturated carbocycles. The average Bonchev–Trinajstić information content (AvgIpc) is 2.53. The van der Waals surface area contributed by atoms with Crippen LogP contribution in [0.5, 0.6) is 0 Å². The number of nitrogens with two attached hydrogens (primary N) is 2. The van der Waals surface area contributed by atoms with Crippen LogP contribution in [0.15, 0.2) is 0 Å². The maximum Gasteiger partial charge on any atom is 0.306 e. The molecule has 0 aliphatic heterocycles. The van der Waals surface area contributed by atoms with Gasteiger partial charge in [0.25, 0.3) is 0 Å². The van der Waals surface area contributed by atoms with Gasteiger partial charge in [-0.1, -0.05) is 0 Å². The number of carboxylic acid groups (broad SMARTS) is 1. The summed E-state index contributed by atoms with van der Waals surface area (Å²) in [6, 6.07) is -0.404. The SMILES string of the molecule is NCC1CCC(C(=O)C(N)C2CCC(C(=O)O)CC2)CC1. The fraction of sp³-hybridized carbons (Fsp3) is 0.875. The van der Waals surface area contributed by atoms with E-state index < -0.39 is 12.0 Å². The molecular weight excluding hydrogens is 268 g/mol. The molecule has 5 N–H and O–H groups in total. The Kier molecular flexibility index (Phi) is 5.76. The van der Waals surface area contributed by atoms with Crippen molar-refractivity contribution in [1.29, 1.82) is 0 Å². The standard InChI is InChI=1S/C16H28N2O3/c17-9-10-1-3-12(4-2-10)15(19)14(18)11-5-7-13(8-6-11)16(20)21/h10-14H,1-9,17-18H2,(H,20,21). The van der Waals surface area contributed by atoms with Crippen molar-refractivity contribution in [2.45, 2.75) is 57.4 Å². The van der Waals surface area contributed by atoms with Crippen LogP contribution in [0.25, 0.3) is 0 Å². The van der Waals surface area contributed by atoms with E-state index in [9.17, 15) is 9.59 Å². The van der Waals surface area contributed by atoms with Crippen molar-refractivity contribution in [3.05, 3.63) is 0 Å². The van der Waals surface area contributed by atoms with Gasteiger partial charge in [0.05, 0.1) is 12.0 Å². The molecule has 0 amide bonds. The molecule has 0 saturated heterocycles. The zero-order chi connectivity index (χ0) is 15.4. The number of aliphatic carboxylic acids is 1. The highest BCUT2D eigenvalue weighted by Gasteiger charge is 2.35. The number of carbonyl (C=O) groups excluding carboxylic acids is 1. The van der Waals surface area contributed by atoms with Crippen LogP contribution < -0.4 is 11.5 Å². The Morgan fingerprint density at radius 2 is 1.48 bits per heavy atom. The minimum Gasteiger partial charge on any atom is -0.481 e. The molecule has 120 valence electrons. The lowest BCUT2D eigenvalue weighted by Crippen LogP contribution is -2.44. The van der Waals surface area contributed by atoms with Crippen molar-refractivity contribution in [3.8, 4) is 0 Å². The molecule has 2 rings (SSSR count). The second-order valence-corrected chi connectivity index (χ2v) is 6.83. The Balaban J connectivity index is 1.82. The van der Waals surface area contributed by atoms with E-state index in [4.69, 9.17) is 16.6 Å². The molecule has 0 radical (unpaired) electrons. The number of hydrogen-bond acceptors (Lipinski definition) is 4. The van der Waals surface area contributed by atoms with Crippen LogP contribution in [0.2, 0.25) is 0 Å². The molecule has 1 atom stereocenters. The van der Waals surface area contributed by atoms with Crippen molar-refractivity contribution < 1.29 is 14.7 Å². The summed E-state index contributed by atoms with van der Waals surface area (Å²) in [6.45, 7) is 0.714. The number of carboxylic acids is 1. The zero-order valence-electron chi connectivity index (χ0n) is 12.7. The van der Waals surface area contributed by atoms with E-state index in [0.717, 1.165) is 38.5 Å². The highest BCUT2D eigenvalue weighted by atomic mass is 16.4. The zero-order valence-corrected chi connectivity index (χ0v) is 12.7. The highest BCUT2D eigenvalue weighted by molar-refractivity contribution is 5.86. The van der Waals surface area contributed by atoms with Crippen molar-refractivity contribution in [1.82, 2.24) is 0 Å². The monoisotopic (exact) mass is 296 g/mol. The van der Waals surface area contributed by atoms with E-state index in [2.05, 4.69) is 0 Å². The number of hydrogen-bond donors (Lipinski definition) is 3. The molecule has 21 heavy (non-hydrogen) atoms. The maximum absolute atomic E-state index is 12.5. The van der Waals surface area contributed by atoms with Gasteiger partial charge in [0, 0.05) is 5.92 Å². The quantitative estimate of drug-likeness (QED) is 0.713. The highest BCUT2D eigenvalue weighted by Crippen LogP contribution is 2.34. The third-order valence-electron chi connectivity index (χ3n) is 5.54. The minimum absolute atomic E-state index is 0.0972. The molecule has 1 unspecified atom stereocenters. The van der Waals surface area contributed by atoms with Crippen LogP contribution in [0.3, 0.4) is 0 Å². The number of ketones is 1. The van der Waals surface area contributed by atoms with E-state index in [1.54, 1.807) is 0 Å². The second-order valence-electron chi connectivity index (χ2n) is 6.83. The molecular formula is C16H28N2O3. The topological polar surface area (TPSA) is 106 Å². The predicted octanol–water partition coefficient (Wildman–Crippen LogP) is 1.54. The molecule has 0 aromatic carbocycles. The second kappa shape index (κ2) is 7.36. The van der Waals surface area contributed by atoms with Gasteiger partial charge in [-0.2, -0.15) is 0 Å². The van der Waals surface area contributed by atoms with E-state index in [1.807, 2.05) is 0 Å². The molecule has 0 heterocycles. The molecule has 5 nitrogen and oxygen atoms in total. The summed E-state index contributed by atoms with van der Waals surface area (Å²) in [5.41, 5.74) is 11.9. The molecule has 2 aliphatic carbocycles. The Morgan fingerprint density at radius 1 is 0.952 bits per heavy atom. The van der Waals surface area contributed by atoms with Crippen LogP contribution in [0, 0.1) is 23.7 Å². The Morgan fingerprint density at radius 3 is 1.95 bits per heavy atom. The number of carbonyl (C=O) groups is 2. The number of rotatable bonds is 5. The van der Waals surface area contributed by atoms with E-state index in [-0.39, 0.29) is 23.5 Å². The van der Waals surface area contributed by atoms with Gasteiger partial charge in [-0.25, -0.2) is 0 Å². The summed E-state index contributed by atoms with van der Waals surface area (Å²) < 4.78 is 0. The van der Waals surface area contributed by atoms with Gasteiger partial charge in [-0.05, 0) is 69.7 Å². The third kappa shape index (κ3) is 4.04. The van der Waals surface area contributed by atoms with Crippen LogP contribution in [-0.2, 0) is 9.59 Å². The first-order valence-electron chi connectivity index (χ1n) is 8.25. The van der Waals surface area contributed by atoms with Gasteiger partial charge in [0.1, 0.15) is 0 Å². The Hall–Kier alpha value is -0.940. The minimum atomic E-state index is -0.714. The van der Waals surface area contributed by atoms with Crippen molar-refractivity contribution in [2.75, 3.05) is 6.54 Å². The molecule has 0 spiro atoms. The largest absolute Gasteiger partial charge is 0.481 e. The summed E-state index contributed by atoms with van der Waals surface area (Å²) in [6.07, 6.45) is 6.74. The van der Waals surface area contributed by atoms with Crippen molar-refractivity contribution in [2.24, 2.45) is 35.1 Å². The molecule has 0 aromatic heterocycles. The van der Waals surface area contributed by atoms with E-state index >= 15 is 0 Å². The first-order valence-corrected chi connectivity index (χ1v) is 8.25. The first-order chi connectivity index (χ1) is 10.0. The van der Waals surface area contributed by atoms with Crippen LogP contribution in [0.4, 0.5) is 0 Å². The summed E-state index contributed by atoms with van der Waals surface area (Å²) in [7, 11) is 0. The van der Waals surface area contributed by atoms with Crippen LogP contribution in [-0.4, -0.2) is 29.4 Å². The normalized spacial score (nSPS) is 35.1. The molecule has 2 fully saturated rings. The summed E-state index contributed by atoms with van der Waals surface area (Å²) in [4.78, 5) is 23.5. The van der Waals surface area contributed by atoms with Gasteiger partial charge in [0.2, 0.25) is 0 Å². The lowest BCUT2D eigenvalue weighted by Gasteiger charge is -2.33. The lowest BCUT2D eigenvalue weighted by molar-refractivity contribution is -0.143. The smallest absolute Gasteiger partial charge is 0.306 e. The molecule has 0 bridgehead atoms. The predicted molar refractivity (Wildman–Crippen MR) is 80.6 cm³/mol.